The predicted molar refractivity (Wildman–Crippen MR) is 115 cm³/mol. The number of nitrogens with zero attached hydrogens (tertiary/aromatic N) is 3. The van der Waals surface area contributed by atoms with Crippen molar-refractivity contribution >= 4 is 17.5 Å². The zero-order valence-electron chi connectivity index (χ0n) is 17.2. The molecule has 1 atom stereocenters. The Morgan fingerprint density at radius 3 is 2.93 bits per heavy atom. The average Bonchev–Trinajstić information content (AvgIpc) is 3.13. The Labute approximate surface area is 177 Å². The van der Waals surface area contributed by atoms with Gasteiger partial charge in [-0.05, 0) is 62.6 Å². The number of aryl methyl sites for hydroxylation is 1. The zero-order valence-corrected chi connectivity index (χ0v) is 17.9. The number of carbonyl (C=O) groups is 1. The second-order valence-electron chi connectivity index (χ2n) is 7.88. The quantitative estimate of drug-likeness (QED) is 0.654. The van der Waals surface area contributed by atoms with E-state index in [1.54, 1.807) is 10.9 Å². The molecule has 154 valence electrons. The van der Waals surface area contributed by atoms with Gasteiger partial charge in [0.25, 0.3) is 5.91 Å². The maximum atomic E-state index is 13.5. The molecule has 0 radical (unpaired) electrons. The number of amides is 1. The minimum atomic E-state index is 0.0355. The van der Waals surface area contributed by atoms with Crippen LogP contribution in [0.2, 0.25) is 5.02 Å². The highest BCUT2D eigenvalue weighted by Gasteiger charge is 2.32. The number of hydrogen-bond acceptors (Lipinski definition) is 3. The summed E-state index contributed by atoms with van der Waals surface area (Å²) in [5.74, 6) is 1.22. The number of piperidine rings is 1. The van der Waals surface area contributed by atoms with Crippen LogP contribution in [-0.2, 0) is 7.05 Å². The van der Waals surface area contributed by atoms with Crippen LogP contribution in [0, 0.1) is 5.92 Å². The van der Waals surface area contributed by atoms with Crippen molar-refractivity contribution in [2.24, 2.45) is 13.0 Å². The second kappa shape index (κ2) is 8.62. The van der Waals surface area contributed by atoms with Gasteiger partial charge in [0.2, 0.25) is 0 Å². The molecule has 1 fully saturated rings. The zero-order chi connectivity index (χ0) is 20.4. The number of fused-ring (bicyclic) bond motifs is 1. The normalized spacial score (nSPS) is 18.9. The molecular weight excluding hydrogens is 386 g/mol. The van der Waals surface area contributed by atoms with Crippen LogP contribution in [0.1, 0.15) is 55.8 Å². The van der Waals surface area contributed by atoms with Crippen molar-refractivity contribution in [3.05, 3.63) is 46.8 Å². The lowest BCUT2D eigenvalue weighted by Crippen LogP contribution is -2.39. The third kappa shape index (κ3) is 3.93. The molecule has 29 heavy (non-hydrogen) atoms. The maximum absolute atomic E-state index is 13.5. The van der Waals surface area contributed by atoms with Crippen molar-refractivity contribution in [2.45, 2.75) is 45.4 Å². The van der Waals surface area contributed by atoms with Crippen LogP contribution in [0.15, 0.2) is 36.2 Å². The molecule has 1 aliphatic carbocycles. The average molecular weight is 414 g/mol. The summed E-state index contributed by atoms with van der Waals surface area (Å²) in [6, 6.07) is 5.68. The van der Waals surface area contributed by atoms with Crippen LogP contribution < -0.4 is 4.74 Å². The third-order valence-corrected chi connectivity index (χ3v) is 6.15. The number of halogens is 1. The fourth-order valence-corrected chi connectivity index (χ4v) is 4.69. The molecule has 5 nitrogen and oxygen atoms in total. The van der Waals surface area contributed by atoms with Crippen molar-refractivity contribution in [3.8, 4) is 17.0 Å². The van der Waals surface area contributed by atoms with E-state index in [9.17, 15) is 4.79 Å². The lowest BCUT2D eigenvalue weighted by molar-refractivity contribution is 0.0749. The molecule has 0 bridgehead atoms. The first-order chi connectivity index (χ1) is 14.1. The largest absolute Gasteiger partial charge is 0.492 e. The Hall–Kier alpha value is -2.27. The van der Waals surface area contributed by atoms with Gasteiger partial charge < -0.3 is 9.64 Å². The summed E-state index contributed by atoms with van der Waals surface area (Å²) in [5, 5.41) is 4.93. The number of carbonyl (C=O) groups excluding carboxylic acids is 1. The van der Waals surface area contributed by atoms with E-state index in [2.05, 4.69) is 18.1 Å². The van der Waals surface area contributed by atoms with Crippen LogP contribution in [0.4, 0.5) is 0 Å². The fraction of sp³-hybridized carbons (Fsp3) is 0.478. The Morgan fingerprint density at radius 2 is 2.14 bits per heavy atom. The van der Waals surface area contributed by atoms with Crippen LogP contribution in [0.5, 0.6) is 5.75 Å². The van der Waals surface area contributed by atoms with Crippen LogP contribution in [0.3, 0.4) is 0 Å². The van der Waals surface area contributed by atoms with Gasteiger partial charge in [0.1, 0.15) is 5.75 Å². The number of benzene rings is 1. The summed E-state index contributed by atoms with van der Waals surface area (Å²) >= 11 is 6.45. The molecule has 2 aliphatic rings. The highest BCUT2D eigenvalue weighted by Crippen LogP contribution is 2.37. The SMILES string of the molecule is CCCOc1ccc(-c2c(C(=O)N3CCCC4CCCC=C43)cnn2C)cc1Cl. The first kappa shape index (κ1) is 20.0. The Morgan fingerprint density at radius 1 is 1.31 bits per heavy atom. The van der Waals surface area contributed by atoms with Gasteiger partial charge in [0.15, 0.2) is 0 Å². The smallest absolute Gasteiger partial charge is 0.261 e. The fourth-order valence-electron chi connectivity index (χ4n) is 4.45. The second-order valence-corrected chi connectivity index (χ2v) is 8.29. The van der Waals surface area contributed by atoms with E-state index in [-0.39, 0.29) is 5.91 Å². The maximum Gasteiger partial charge on any atom is 0.261 e. The van der Waals surface area contributed by atoms with Gasteiger partial charge in [-0.3, -0.25) is 9.48 Å². The van der Waals surface area contributed by atoms with Gasteiger partial charge in [-0.25, -0.2) is 0 Å². The number of ether oxygens (including phenoxy) is 1. The van der Waals surface area contributed by atoms with Gasteiger partial charge in [0.05, 0.1) is 29.1 Å². The number of rotatable bonds is 5. The van der Waals surface area contributed by atoms with Crippen molar-refractivity contribution in [1.29, 1.82) is 0 Å². The lowest BCUT2D eigenvalue weighted by atomic mass is 9.84. The number of likely N-dealkylation sites (tertiary alicyclic amines) is 1. The number of aromatic nitrogens is 2. The molecule has 0 N–H and O–H groups in total. The first-order valence-corrected chi connectivity index (χ1v) is 10.9. The summed E-state index contributed by atoms with van der Waals surface area (Å²) in [4.78, 5) is 15.5. The minimum Gasteiger partial charge on any atom is -0.492 e. The van der Waals surface area contributed by atoms with Crippen LogP contribution in [0.25, 0.3) is 11.3 Å². The summed E-state index contributed by atoms with van der Waals surface area (Å²) in [5.41, 5.74) is 3.49. The van der Waals surface area contributed by atoms with Crippen molar-refractivity contribution < 1.29 is 9.53 Å². The van der Waals surface area contributed by atoms with Crippen LogP contribution in [-0.4, -0.2) is 33.7 Å². The monoisotopic (exact) mass is 413 g/mol. The van der Waals surface area contributed by atoms with E-state index >= 15 is 0 Å². The van der Waals surface area contributed by atoms with E-state index in [0.29, 0.717) is 28.9 Å². The van der Waals surface area contributed by atoms with E-state index in [0.717, 1.165) is 37.1 Å². The van der Waals surface area contributed by atoms with Crippen molar-refractivity contribution in [3.63, 3.8) is 0 Å². The summed E-state index contributed by atoms with van der Waals surface area (Å²) < 4.78 is 7.44. The molecule has 2 heterocycles. The molecule has 4 rings (SSSR count). The summed E-state index contributed by atoms with van der Waals surface area (Å²) in [6.45, 7) is 3.46. The minimum absolute atomic E-state index is 0.0355. The van der Waals surface area contributed by atoms with Gasteiger partial charge in [-0.1, -0.05) is 24.6 Å². The molecule has 0 spiro atoms. The molecule has 1 amide bonds. The standard InChI is InChI=1S/C23H28ClN3O2/c1-3-13-29-21-11-10-17(14-19(21)24)22-18(15-25-26(22)2)23(28)27-12-6-8-16-7-4-5-9-20(16)27/h9-11,14-16H,3-8,12-13H2,1-2H3. The summed E-state index contributed by atoms with van der Waals surface area (Å²) in [7, 11) is 1.86. The Balaban J connectivity index is 1.66. The molecular formula is C23H28ClN3O2. The van der Waals surface area contributed by atoms with Crippen LogP contribution >= 0.6 is 11.6 Å². The highest BCUT2D eigenvalue weighted by molar-refractivity contribution is 6.32. The van der Waals surface area contributed by atoms with Gasteiger partial charge >= 0.3 is 0 Å². The Bertz CT molecular complexity index is 934. The molecule has 2 aromatic rings. The summed E-state index contributed by atoms with van der Waals surface area (Å²) in [6.07, 6.45) is 10.6. The topological polar surface area (TPSA) is 47.4 Å². The van der Waals surface area contributed by atoms with E-state index in [1.807, 2.05) is 30.1 Å². The predicted octanol–water partition coefficient (Wildman–Crippen LogP) is 5.45. The van der Waals surface area contributed by atoms with E-state index < -0.39 is 0 Å². The number of allylic oxidation sites excluding steroid dienone is 2. The molecule has 1 saturated heterocycles. The van der Waals surface area contributed by atoms with E-state index in [1.165, 1.54) is 25.0 Å². The van der Waals surface area contributed by atoms with Crippen molar-refractivity contribution in [1.82, 2.24) is 14.7 Å². The molecule has 1 aromatic heterocycles. The molecule has 1 aromatic carbocycles. The number of hydrogen-bond donors (Lipinski definition) is 0. The highest BCUT2D eigenvalue weighted by atomic mass is 35.5. The van der Waals surface area contributed by atoms with Gasteiger partial charge in [0, 0.05) is 24.9 Å². The van der Waals surface area contributed by atoms with Gasteiger partial charge in [-0.2, -0.15) is 5.10 Å². The third-order valence-electron chi connectivity index (χ3n) is 5.86. The molecule has 0 saturated carbocycles. The van der Waals surface area contributed by atoms with E-state index in [4.69, 9.17) is 16.3 Å². The van der Waals surface area contributed by atoms with Crippen molar-refractivity contribution in [2.75, 3.05) is 13.2 Å². The van der Waals surface area contributed by atoms with Gasteiger partial charge in [-0.15, -0.1) is 0 Å². The molecule has 1 aliphatic heterocycles. The molecule has 1 unspecified atom stereocenters. The Kier molecular flexibility index (Phi) is 5.95. The first-order valence-electron chi connectivity index (χ1n) is 10.6. The molecule has 6 heteroatoms. The lowest BCUT2D eigenvalue weighted by Gasteiger charge is -2.38.